The van der Waals surface area contributed by atoms with Crippen molar-refractivity contribution in [2.45, 2.75) is 38.0 Å². The van der Waals surface area contributed by atoms with Crippen molar-refractivity contribution in [3.8, 4) is 11.5 Å². The highest BCUT2D eigenvalue weighted by atomic mass is 16.7. The van der Waals surface area contributed by atoms with Crippen molar-refractivity contribution < 1.29 is 28.6 Å². The maximum absolute atomic E-state index is 12.6. The van der Waals surface area contributed by atoms with Gasteiger partial charge in [-0.3, -0.25) is 9.59 Å². The molecule has 4 rings (SSSR count). The van der Waals surface area contributed by atoms with Crippen LogP contribution in [-0.2, 0) is 16.1 Å². The standard InChI is InChI=1S/C20H22N2O6/c23-15(16-2-1-9-26-16)7-8-21-20(25)14-4-6-19(24)22(14)11-13-3-5-17-18(10-13)28-12-27-17/h1-3,5,9-10,14-15,23H,4,6-8,11-12H2,(H,21,25). The number of nitrogens with one attached hydrogen (secondary N) is 1. The van der Waals surface area contributed by atoms with Crippen molar-refractivity contribution in [1.29, 1.82) is 0 Å². The Morgan fingerprint density at radius 2 is 2.14 bits per heavy atom. The summed E-state index contributed by atoms with van der Waals surface area (Å²) in [4.78, 5) is 26.5. The molecule has 0 aliphatic carbocycles. The zero-order valence-corrected chi connectivity index (χ0v) is 15.3. The molecule has 1 saturated heterocycles. The summed E-state index contributed by atoms with van der Waals surface area (Å²) in [6.07, 6.45) is 1.88. The van der Waals surface area contributed by atoms with Crippen LogP contribution in [-0.4, -0.2) is 41.2 Å². The summed E-state index contributed by atoms with van der Waals surface area (Å²) in [6, 6.07) is 8.39. The Morgan fingerprint density at radius 1 is 1.29 bits per heavy atom. The second-order valence-corrected chi connectivity index (χ2v) is 6.87. The maximum atomic E-state index is 12.6. The monoisotopic (exact) mass is 386 g/mol. The van der Waals surface area contributed by atoms with Crippen LogP contribution >= 0.6 is 0 Å². The second kappa shape index (κ2) is 7.93. The van der Waals surface area contributed by atoms with Gasteiger partial charge in [-0.2, -0.15) is 0 Å². The van der Waals surface area contributed by atoms with Gasteiger partial charge in [0.2, 0.25) is 18.6 Å². The lowest BCUT2D eigenvalue weighted by Gasteiger charge is -2.24. The van der Waals surface area contributed by atoms with Crippen molar-refractivity contribution in [3.05, 3.63) is 47.9 Å². The van der Waals surface area contributed by atoms with E-state index in [1.807, 2.05) is 18.2 Å². The van der Waals surface area contributed by atoms with Crippen molar-refractivity contribution in [1.82, 2.24) is 10.2 Å². The maximum Gasteiger partial charge on any atom is 0.242 e. The number of hydrogen-bond acceptors (Lipinski definition) is 6. The molecular weight excluding hydrogens is 364 g/mol. The third-order valence-corrected chi connectivity index (χ3v) is 5.01. The van der Waals surface area contributed by atoms with E-state index < -0.39 is 12.1 Å². The Morgan fingerprint density at radius 3 is 2.96 bits per heavy atom. The van der Waals surface area contributed by atoms with Crippen LogP contribution in [0.15, 0.2) is 41.0 Å². The van der Waals surface area contributed by atoms with E-state index in [9.17, 15) is 14.7 Å². The lowest BCUT2D eigenvalue weighted by molar-refractivity contribution is -0.135. The molecule has 1 aromatic carbocycles. The predicted octanol–water partition coefficient (Wildman–Crippen LogP) is 1.74. The fourth-order valence-electron chi connectivity index (χ4n) is 3.51. The molecule has 0 radical (unpaired) electrons. The molecule has 148 valence electrons. The van der Waals surface area contributed by atoms with Crippen molar-refractivity contribution >= 4 is 11.8 Å². The molecule has 28 heavy (non-hydrogen) atoms. The number of benzene rings is 1. The Balaban J connectivity index is 1.33. The summed E-state index contributed by atoms with van der Waals surface area (Å²) in [5.41, 5.74) is 0.880. The molecule has 8 nitrogen and oxygen atoms in total. The SMILES string of the molecule is O=C(NCCC(O)c1ccco1)C1CCC(=O)N1Cc1ccc2c(c1)OCO2. The molecule has 2 atom stereocenters. The molecule has 0 bridgehead atoms. The number of carbonyl (C=O) groups excluding carboxylic acids is 2. The van der Waals surface area contributed by atoms with Gasteiger partial charge in [-0.15, -0.1) is 0 Å². The summed E-state index contributed by atoms with van der Waals surface area (Å²) < 4.78 is 15.8. The highest BCUT2D eigenvalue weighted by molar-refractivity contribution is 5.90. The highest BCUT2D eigenvalue weighted by Crippen LogP contribution is 2.33. The number of likely N-dealkylation sites (tertiary alicyclic amines) is 1. The zero-order valence-electron chi connectivity index (χ0n) is 15.3. The second-order valence-electron chi connectivity index (χ2n) is 6.87. The summed E-state index contributed by atoms with van der Waals surface area (Å²) in [5, 5.41) is 12.8. The first-order valence-corrected chi connectivity index (χ1v) is 9.29. The Hall–Kier alpha value is -3.00. The first-order chi connectivity index (χ1) is 13.6. The number of aliphatic hydroxyl groups excluding tert-OH is 1. The molecule has 2 amide bonds. The van der Waals surface area contributed by atoms with E-state index in [1.54, 1.807) is 17.0 Å². The average Bonchev–Trinajstić information content (AvgIpc) is 3.43. The Kier molecular flexibility index (Phi) is 5.21. The fourth-order valence-corrected chi connectivity index (χ4v) is 3.51. The molecule has 0 spiro atoms. The van der Waals surface area contributed by atoms with Crippen LogP contribution in [0, 0.1) is 0 Å². The summed E-state index contributed by atoms with van der Waals surface area (Å²) in [6.45, 7) is 0.822. The molecule has 3 heterocycles. The lowest BCUT2D eigenvalue weighted by Crippen LogP contribution is -2.44. The van der Waals surface area contributed by atoms with Crippen LogP contribution in [0.4, 0.5) is 0 Å². The molecular formula is C20H22N2O6. The number of carbonyl (C=O) groups is 2. The minimum Gasteiger partial charge on any atom is -0.467 e. The Labute approximate surface area is 162 Å². The first kappa shape index (κ1) is 18.4. The minimum absolute atomic E-state index is 0.0477. The average molecular weight is 386 g/mol. The summed E-state index contributed by atoms with van der Waals surface area (Å²) in [7, 11) is 0. The van der Waals surface area contributed by atoms with E-state index in [2.05, 4.69) is 5.32 Å². The number of fused-ring (bicyclic) bond motifs is 1. The van der Waals surface area contributed by atoms with Gasteiger partial charge >= 0.3 is 0 Å². The van der Waals surface area contributed by atoms with Gasteiger partial charge in [-0.05, 0) is 42.7 Å². The molecule has 8 heteroatoms. The van der Waals surface area contributed by atoms with Gasteiger partial charge in [0.15, 0.2) is 11.5 Å². The molecule has 2 unspecified atom stereocenters. The van der Waals surface area contributed by atoms with Gasteiger partial charge in [0.25, 0.3) is 0 Å². The quantitative estimate of drug-likeness (QED) is 0.752. The van der Waals surface area contributed by atoms with Gasteiger partial charge in [0.05, 0.1) is 6.26 Å². The number of nitrogens with zero attached hydrogens (tertiary/aromatic N) is 1. The van der Waals surface area contributed by atoms with Gasteiger partial charge in [0.1, 0.15) is 17.9 Å². The number of aliphatic hydroxyl groups is 1. The van der Waals surface area contributed by atoms with E-state index in [0.29, 0.717) is 49.6 Å². The first-order valence-electron chi connectivity index (χ1n) is 9.29. The normalized spacial score (nSPS) is 19.1. The molecule has 2 aromatic rings. The van der Waals surface area contributed by atoms with Crippen LogP contribution < -0.4 is 14.8 Å². The highest BCUT2D eigenvalue weighted by Gasteiger charge is 2.36. The molecule has 2 aliphatic rings. The van der Waals surface area contributed by atoms with Crippen LogP contribution in [0.3, 0.4) is 0 Å². The van der Waals surface area contributed by atoms with Gasteiger partial charge in [-0.25, -0.2) is 0 Å². The number of amides is 2. The third kappa shape index (κ3) is 3.82. The van der Waals surface area contributed by atoms with Crippen molar-refractivity contribution in [3.63, 3.8) is 0 Å². The van der Waals surface area contributed by atoms with E-state index in [0.717, 1.165) is 5.56 Å². The lowest BCUT2D eigenvalue weighted by atomic mass is 10.1. The summed E-state index contributed by atoms with van der Waals surface area (Å²) >= 11 is 0. The fraction of sp³-hybridized carbons (Fsp3) is 0.400. The zero-order chi connectivity index (χ0) is 19.5. The predicted molar refractivity (Wildman–Crippen MR) is 97.4 cm³/mol. The van der Waals surface area contributed by atoms with Gasteiger partial charge in [0, 0.05) is 19.5 Å². The van der Waals surface area contributed by atoms with Crippen LogP contribution in [0.5, 0.6) is 11.5 Å². The van der Waals surface area contributed by atoms with E-state index in [-0.39, 0.29) is 18.6 Å². The number of hydrogen-bond donors (Lipinski definition) is 2. The summed E-state index contributed by atoms with van der Waals surface area (Å²) in [5.74, 6) is 1.54. The van der Waals surface area contributed by atoms with Gasteiger partial charge < -0.3 is 29.2 Å². The van der Waals surface area contributed by atoms with Crippen LogP contribution in [0.1, 0.15) is 36.7 Å². The molecule has 2 aliphatic heterocycles. The topological polar surface area (TPSA) is 101 Å². The van der Waals surface area contributed by atoms with E-state index >= 15 is 0 Å². The van der Waals surface area contributed by atoms with Gasteiger partial charge in [-0.1, -0.05) is 6.07 Å². The third-order valence-electron chi connectivity index (χ3n) is 5.01. The molecule has 1 aromatic heterocycles. The molecule has 2 N–H and O–H groups in total. The van der Waals surface area contributed by atoms with E-state index in [1.165, 1.54) is 6.26 Å². The van der Waals surface area contributed by atoms with Crippen molar-refractivity contribution in [2.75, 3.05) is 13.3 Å². The van der Waals surface area contributed by atoms with E-state index in [4.69, 9.17) is 13.9 Å². The molecule has 0 saturated carbocycles. The minimum atomic E-state index is -0.773. The number of rotatable bonds is 7. The van der Waals surface area contributed by atoms with Crippen LogP contribution in [0.2, 0.25) is 0 Å². The largest absolute Gasteiger partial charge is 0.467 e. The smallest absolute Gasteiger partial charge is 0.242 e. The Bertz CT molecular complexity index is 850. The molecule has 1 fully saturated rings. The number of furan rings is 1. The van der Waals surface area contributed by atoms with Crippen LogP contribution in [0.25, 0.3) is 0 Å². The van der Waals surface area contributed by atoms with Crippen molar-refractivity contribution in [2.24, 2.45) is 0 Å². The number of ether oxygens (including phenoxy) is 2.